The van der Waals surface area contributed by atoms with Gasteiger partial charge in [0.2, 0.25) is 10.0 Å². The summed E-state index contributed by atoms with van der Waals surface area (Å²) in [6, 6.07) is 26.3. The van der Waals surface area contributed by atoms with Gasteiger partial charge in [0.05, 0.1) is 33.6 Å². The Labute approximate surface area is 302 Å². The molecule has 16 nitrogen and oxygen atoms in total. The van der Waals surface area contributed by atoms with Gasteiger partial charge in [0.15, 0.2) is 5.70 Å². The summed E-state index contributed by atoms with van der Waals surface area (Å²) in [6.07, 6.45) is 0. The molecule has 18 heteroatoms. The summed E-state index contributed by atoms with van der Waals surface area (Å²) >= 11 is 0. The molecule has 0 spiro atoms. The van der Waals surface area contributed by atoms with Crippen LogP contribution in [0.2, 0.25) is 0 Å². The number of sulfonamides is 1. The number of nitrogens with zero attached hydrogens (tertiary/aromatic N) is 6. The molecule has 1 aromatic heterocycles. The van der Waals surface area contributed by atoms with Crippen LogP contribution in [-0.4, -0.2) is 35.2 Å². The normalized spacial score (nSPS) is 11.7. The number of para-hydroxylation sites is 2. The average Bonchev–Trinajstić information content (AvgIpc) is 3.37. The van der Waals surface area contributed by atoms with Gasteiger partial charge in [0.25, 0.3) is 5.91 Å². The molecule has 5 rings (SSSR count). The van der Waals surface area contributed by atoms with Crippen LogP contribution < -0.4 is 25.8 Å². The number of carbonyl (C=O) groups excluding carboxylic acids is 2. The number of hydrogen-bond donors (Lipinski definition) is 3. The second kappa shape index (κ2) is 17.5. The van der Waals surface area contributed by atoms with Crippen molar-refractivity contribution in [3.63, 3.8) is 0 Å². The number of nitrogens with one attached hydrogen (secondary N) is 1. The minimum Gasteiger partial charge on any atom is -0.871 e. The van der Waals surface area contributed by atoms with Crippen LogP contribution >= 0.6 is 0 Å². The minimum absolute atomic E-state index is 0. The van der Waals surface area contributed by atoms with Crippen LogP contribution in [0, 0.1) is 6.92 Å². The number of anilines is 1. The Hall–Kier alpha value is -6.19. The molecule has 0 fully saturated rings. The number of azo groups is 2. The Morgan fingerprint density at radius 3 is 2.08 bits per heavy atom. The Bertz CT molecular complexity index is 2220. The second-order valence-electron chi connectivity index (χ2n) is 10.1. The van der Waals surface area contributed by atoms with E-state index in [1.807, 2.05) is 6.07 Å². The molecular weight excluding hydrogens is 720 g/mol. The van der Waals surface area contributed by atoms with Gasteiger partial charge in [-0.3, -0.25) is 4.79 Å². The number of benzene rings is 4. The molecule has 1 radical (unpaired) electrons. The van der Waals surface area contributed by atoms with Gasteiger partial charge >= 0.3 is 17.4 Å². The number of aliphatic hydroxyl groups is 1. The summed E-state index contributed by atoms with van der Waals surface area (Å²) in [6.45, 7) is 2.86. The van der Waals surface area contributed by atoms with Crippen molar-refractivity contribution in [2.75, 3.05) is 5.32 Å². The first-order valence-corrected chi connectivity index (χ1v) is 15.9. The van der Waals surface area contributed by atoms with E-state index in [-0.39, 0.29) is 44.9 Å². The third-order valence-corrected chi connectivity index (χ3v) is 7.39. The van der Waals surface area contributed by atoms with Gasteiger partial charge in [-0.1, -0.05) is 66.4 Å². The summed E-state index contributed by atoms with van der Waals surface area (Å²) in [5.74, 6) is -3.59. The Balaban J connectivity index is 0.000000271. The zero-order valence-corrected chi connectivity index (χ0v) is 28.8. The summed E-state index contributed by atoms with van der Waals surface area (Å²) in [4.78, 5) is 22.9. The van der Waals surface area contributed by atoms with E-state index in [0.717, 1.165) is 18.2 Å². The van der Waals surface area contributed by atoms with Crippen LogP contribution in [0.1, 0.15) is 23.0 Å². The van der Waals surface area contributed by atoms with E-state index >= 15 is 0 Å². The quantitative estimate of drug-likeness (QED) is 0.112. The molecule has 1 heterocycles. The molecule has 51 heavy (non-hydrogen) atoms. The predicted octanol–water partition coefficient (Wildman–Crippen LogP) is 3.95. The van der Waals surface area contributed by atoms with Gasteiger partial charge in [-0.2, -0.15) is 10.2 Å². The molecule has 0 unspecified atom stereocenters. The van der Waals surface area contributed by atoms with Crippen LogP contribution in [0.15, 0.2) is 140 Å². The maximum absolute atomic E-state index is 12.4. The summed E-state index contributed by atoms with van der Waals surface area (Å²) in [5, 5.41) is 71.6. The van der Waals surface area contributed by atoms with E-state index in [0.29, 0.717) is 17.1 Å². The van der Waals surface area contributed by atoms with Crippen molar-refractivity contribution < 1.29 is 55.8 Å². The van der Waals surface area contributed by atoms with E-state index in [1.54, 1.807) is 73.7 Å². The fraction of sp³-hybridized carbons (Fsp3) is 0.0606. The number of rotatable bonds is 9. The van der Waals surface area contributed by atoms with E-state index in [1.165, 1.54) is 23.7 Å². The summed E-state index contributed by atoms with van der Waals surface area (Å²) in [5.41, 5.74) is 0.780. The monoisotopic (exact) mass is 747 g/mol. The number of hydrogen-bond acceptors (Lipinski definition) is 13. The number of carboxylic acids is 1. The number of aliphatic hydroxyl groups excluding tert-OH is 1. The summed E-state index contributed by atoms with van der Waals surface area (Å²) < 4.78 is 23.9. The maximum Gasteiger partial charge on any atom is 3.00 e. The molecule has 0 aliphatic carbocycles. The number of aromatic carboxylic acids is 1. The molecule has 259 valence electrons. The molecule has 0 aliphatic rings. The zero-order chi connectivity index (χ0) is 36.4. The second-order valence-corrected chi connectivity index (χ2v) is 11.7. The number of aryl methyl sites for hydroxylation is 1. The van der Waals surface area contributed by atoms with Crippen LogP contribution in [0.25, 0.3) is 5.69 Å². The van der Waals surface area contributed by atoms with Crippen molar-refractivity contribution >= 4 is 44.6 Å². The van der Waals surface area contributed by atoms with Crippen LogP contribution in [-0.2, 0) is 32.2 Å². The van der Waals surface area contributed by atoms with E-state index < -0.39 is 45.0 Å². The number of allylic oxidation sites excluding steroid dienone is 1. The molecule has 4 N–H and O–H groups in total. The Morgan fingerprint density at radius 2 is 1.47 bits per heavy atom. The predicted molar refractivity (Wildman–Crippen MR) is 175 cm³/mol. The average molecular weight is 748 g/mol. The first-order valence-electron chi connectivity index (χ1n) is 14.3. The number of primary sulfonamides is 1. The SMILES string of the molecule is CC(O)=C(N=Nc1cc(S(N)(=O)=O)ccc1[O-])C(=O)Nc1ccccc1.Cc1nn(-c2ccccc2)c([O-])c1N=Nc1ccccc1C(=O)[O-].[Cr+3]. The largest absolute Gasteiger partial charge is 3.00 e. The van der Waals surface area contributed by atoms with E-state index in [2.05, 4.69) is 30.9 Å². The molecule has 0 atom stereocenters. The standard InChI is InChI=1S/C17H14N4O3.C16H16N4O5S.Cr/c1-11-15(16(22)21(20-11)12-7-3-2-4-8-12)19-18-14-10-6-5-9-13(14)17(23)24;1-10(21)15(16(23)18-11-5-3-2-4-6-11)20-19-13-9-12(26(17,24)25)7-8-14(13)22;/h2-10,22H,1H3,(H,23,24);2-9,21-22H,1H3,(H,18,23)(H2,17,24,25);/q;;+3/p-3. The van der Waals surface area contributed by atoms with Gasteiger partial charge in [-0.25, -0.2) is 18.2 Å². The Morgan fingerprint density at radius 1 is 0.863 bits per heavy atom. The van der Waals surface area contributed by atoms with E-state index in [4.69, 9.17) is 5.14 Å². The third-order valence-electron chi connectivity index (χ3n) is 6.48. The van der Waals surface area contributed by atoms with Crippen molar-refractivity contribution in [2.45, 2.75) is 18.7 Å². The first kappa shape index (κ1) is 39.3. The first-order chi connectivity index (χ1) is 23.8. The maximum atomic E-state index is 12.4. The van der Waals surface area contributed by atoms with Gasteiger partial charge in [0, 0.05) is 17.1 Å². The van der Waals surface area contributed by atoms with Gasteiger partial charge < -0.3 is 30.5 Å². The van der Waals surface area contributed by atoms with Gasteiger partial charge in [-0.05, 0) is 56.3 Å². The molecule has 4 aromatic carbocycles. The van der Waals surface area contributed by atoms with Crippen molar-refractivity contribution in [3.8, 4) is 17.3 Å². The van der Waals surface area contributed by atoms with Crippen molar-refractivity contribution in [1.82, 2.24) is 9.78 Å². The molecule has 0 bridgehead atoms. The molecule has 0 aliphatic heterocycles. The van der Waals surface area contributed by atoms with Crippen molar-refractivity contribution in [3.05, 3.63) is 126 Å². The van der Waals surface area contributed by atoms with Gasteiger partial charge in [0.1, 0.15) is 11.4 Å². The number of carbonyl (C=O) groups is 2. The van der Waals surface area contributed by atoms with Crippen LogP contribution in [0.3, 0.4) is 0 Å². The summed E-state index contributed by atoms with van der Waals surface area (Å²) in [7, 11) is -4.04. The number of carboxylic acid groups (broad SMARTS) is 1. The Kier molecular flexibility index (Phi) is 13.4. The smallest absolute Gasteiger partial charge is 0.871 e. The number of amides is 1. The van der Waals surface area contributed by atoms with Crippen molar-refractivity contribution in [1.29, 1.82) is 0 Å². The molecule has 5 aromatic rings. The topological polar surface area (TPSA) is 263 Å². The number of aromatic nitrogens is 2. The van der Waals surface area contributed by atoms with Crippen molar-refractivity contribution in [2.24, 2.45) is 25.6 Å². The van der Waals surface area contributed by atoms with Crippen LogP contribution in [0.4, 0.5) is 22.7 Å². The molecular formula is C33H27CrN8O8S. The molecule has 0 saturated carbocycles. The minimum atomic E-state index is -4.04. The molecule has 1 amide bonds. The fourth-order valence-corrected chi connectivity index (χ4v) is 4.58. The third kappa shape index (κ3) is 10.4. The fourth-order valence-electron chi connectivity index (χ4n) is 4.04. The molecule has 0 saturated heterocycles. The van der Waals surface area contributed by atoms with E-state index in [9.17, 15) is 38.4 Å². The zero-order valence-electron chi connectivity index (χ0n) is 26.7. The van der Waals surface area contributed by atoms with Gasteiger partial charge in [-0.15, -0.1) is 15.3 Å². The van der Waals surface area contributed by atoms with Crippen LogP contribution in [0.5, 0.6) is 11.6 Å². The number of nitrogens with two attached hydrogens (primary N) is 1.